The van der Waals surface area contributed by atoms with E-state index in [-0.39, 0.29) is 106 Å². The lowest BCUT2D eigenvalue weighted by Gasteiger charge is -2.59. The van der Waals surface area contributed by atoms with Crippen LogP contribution in [0.25, 0.3) is 0 Å². The molecular weight excluding hydrogens is 1420 g/mol. The maximum Gasteiger partial charge on any atom is 0.200 e. The summed E-state index contributed by atoms with van der Waals surface area (Å²) in [6, 6.07) is 23.4. The van der Waals surface area contributed by atoms with Crippen LogP contribution in [0, 0.1) is 68.9 Å². The summed E-state index contributed by atoms with van der Waals surface area (Å²) in [4.78, 5) is 0.0823. The van der Waals surface area contributed by atoms with Crippen molar-refractivity contribution in [3.63, 3.8) is 0 Å². The predicted molar refractivity (Wildman–Crippen MR) is 355 cm³/mol. The van der Waals surface area contributed by atoms with Crippen LogP contribution >= 0.6 is 49.5 Å². The molecule has 2 saturated heterocycles. The molecule has 0 N–H and O–H groups in total. The summed E-state index contributed by atoms with van der Waals surface area (Å²) < 4.78 is 219. The number of sulfone groups is 3. The van der Waals surface area contributed by atoms with Crippen molar-refractivity contribution < 1.29 is 83.9 Å². The normalized spacial score (nSPS) is 31.8. The second-order valence-corrected chi connectivity index (χ2v) is 40.7. The molecule has 516 valence electrons. The van der Waals surface area contributed by atoms with Gasteiger partial charge in [0.15, 0.2) is 71.6 Å². The Morgan fingerprint density at radius 3 is 1.04 bits per heavy atom. The van der Waals surface area contributed by atoms with Crippen LogP contribution in [0.4, 0.5) is 26.3 Å². The molecule has 5 heterocycles. The molecule has 1 unspecified atom stereocenters. The van der Waals surface area contributed by atoms with Gasteiger partial charge in [-0.3, -0.25) is 4.57 Å². The fourth-order valence-electron chi connectivity index (χ4n) is 17.8. The van der Waals surface area contributed by atoms with Crippen LogP contribution in [0.3, 0.4) is 0 Å². The fourth-order valence-corrected chi connectivity index (χ4v) is 28.2. The van der Waals surface area contributed by atoms with Crippen molar-refractivity contribution in [3.8, 4) is 17.2 Å². The molecule has 4 saturated carbocycles. The first-order chi connectivity index (χ1) is 45.4. The summed E-state index contributed by atoms with van der Waals surface area (Å²) in [5, 5.41) is 1.17. The Balaban J connectivity index is 0.000000131. The van der Waals surface area contributed by atoms with Crippen LogP contribution in [0.15, 0.2) is 124 Å². The molecule has 9 aliphatic rings. The summed E-state index contributed by atoms with van der Waals surface area (Å²) in [7, 11) is -17.6. The third-order valence-corrected chi connectivity index (χ3v) is 34.1. The Labute approximate surface area is 570 Å². The topological polar surface area (TPSA) is 175 Å². The van der Waals surface area contributed by atoms with Gasteiger partial charge in [0, 0.05) is 63.1 Å². The van der Waals surface area contributed by atoms with Crippen molar-refractivity contribution in [2.45, 2.75) is 119 Å². The van der Waals surface area contributed by atoms with E-state index >= 15 is 13.2 Å². The predicted octanol–water partition coefficient (Wildman–Crippen LogP) is 17.3. The zero-order valence-corrected chi connectivity index (χ0v) is 59.0. The lowest BCUT2D eigenvalue weighted by Crippen LogP contribution is -2.60. The van der Waals surface area contributed by atoms with E-state index in [0.29, 0.717) is 72.8 Å². The molecule has 6 aromatic carbocycles. The monoisotopic (exact) mass is 1480 g/mol. The number of benzene rings is 6. The van der Waals surface area contributed by atoms with Crippen LogP contribution in [-0.2, 0) is 61.9 Å². The molecule has 96 heavy (non-hydrogen) atoms. The van der Waals surface area contributed by atoms with Crippen molar-refractivity contribution in [3.05, 3.63) is 176 Å². The van der Waals surface area contributed by atoms with Gasteiger partial charge in [-0.15, -0.1) is 0 Å². The molecule has 0 bridgehead atoms. The zero-order valence-electron chi connectivity index (χ0n) is 52.5. The summed E-state index contributed by atoms with van der Waals surface area (Å²) >= 11 is 18.0. The number of ether oxygens (including phenoxy) is 3. The second-order valence-electron chi connectivity index (χ2n) is 27.5. The smallest absolute Gasteiger partial charge is 0.200 e. The first-order valence-electron chi connectivity index (χ1n) is 31.9. The van der Waals surface area contributed by atoms with Gasteiger partial charge in [0.2, 0.25) is 0 Å². The molecule has 4 aliphatic carbocycles. The zero-order chi connectivity index (χ0) is 68.4. The molecule has 5 aliphatic heterocycles. The van der Waals surface area contributed by atoms with Gasteiger partial charge in [0.05, 0.1) is 71.0 Å². The summed E-state index contributed by atoms with van der Waals surface area (Å²) in [5.74, 6) is -7.37. The van der Waals surface area contributed by atoms with Gasteiger partial charge in [-0.25, -0.2) is 51.6 Å². The van der Waals surface area contributed by atoms with E-state index in [4.69, 9.17) is 62.6 Å². The van der Waals surface area contributed by atoms with Gasteiger partial charge < -0.3 is 27.8 Å². The highest BCUT2D eigenvalue weighted by Gasteiger charge is 2.69. The molecule has 10 atom stereocenters. The lowest BCUT2D eigenvalue weighted by molar-refractivity contribution is -0.0552. The van der Waals surface area contributed by atoms with E-state index in [1.54, 1.807) is 6.66 Å². The molecule has 6 aromatic rings. The molecular formula is C69H71Cl3F6O13P2S3. The quantitative estimate of drug-likeness (QED) is 0.114. The van der Waals surface area contributed by atoms with E-state index in [9.17, 15) is 43.0 Å². The minimum absolute atomic E-state index is 0.00995. The fraction of sp³-hybridized carbons (Fsp3) is 0.464. The SMILES string of the molecule is C=P1(C)OCC[C@]2(CCC[C@@]3(S(=O)(=O)c4ccc(Cl)cc4)c4c(F)ccc(F)c4OC[C@@H]23)CO1.C[P@]1(=O)CC[C@]2(CCC[C@@]3(S(=O)(=O)c4ccc(Cl)cc4)c4c(F)ccc(F)c4OC[C@@H]23)CO1.O=S(=O)(c1ccc(Cl)cc1)[C@@]12CCCC3(CCC3)[C@@H]1COc1c(F)ccc(F)c12. The maximum absolute atomic E-state index is 15.5. The van der Waals surface area contributed by atoms with E-state index in [1.165, 1.54) is 72.8 Å². The van der Waals surface area contributed by atoms with Gasteiger partial charge in [-0.05, 0) is 179 Å². The standard InChI is InChI=1S/C24H26ClF2O5PS.C23H24ClF2O5PS.C22H21ClF2O3S/c1-33(2)31-13-12-23(15-32-33)10-3-11-24(34(28,29)17-6-4-16(25)5-7-17)20(23)14-30-22-19(27)9-8-18(26)21(22)24;1-32(27)12-11-22(14-31-32)9-2-10-23(33(28,29)16-5-3-15(24)4-6-16)19(22)13-30-21-18(26)8-7-17(25)20(21)23;23-14-3-5-15(6-4-14)29(26,27)22-12-2-11-21(9-1-10-21)18(22)13-28-20-17(25)8-7-16(24)19(20)22/h4-9,20H,1,3,10-15H2,2H3;3-8,19H,2,9-14H2,1H3;3-8,18H,1-2,9-13H2/t20-,23+,24-,33?;19-,22+,23-,32+;18-,22-/m000/s1. The van der Waals surface area contributed by atoms with Crippen molar-refractivity contribution in [2.24, 2.45) is 34.0 Å². The van der Waals surface area contributed by atoms with Gasteiger partial charge in [0.25, 0.3) is 0 Å². The van der Waals surface area contributed by atoms with Gasteiger partial charge in [0.1, 0.15) is 39.0 Å². The summed E-state index contributed by atoms with van der Waals surface area (Å²) in [6.07, 6.45) is 12.4. The molecule has 27 heteroatoms. The minimum atomic E-state index is -4.23. The average Bonchev–Trinajstić information content (AvgIpc) is 0.772. The first-order valence-corrected chi connectivity index (χ1v) is 42.0. The van der Waals surface area contributed by atoms with Gasteiger partial charge in [-0.1, -0.05) is 66.8 Å². The number of fused-ring (bicyclic) bond motifs is 12. The molecule has 6 fully saturated rings. The van der Waals surface area contributed by atoms with Gasteiger partial charge in [-0.2, -0.15) is 0 Å². The highest BCUT2D eigenvalue weighted by Crippen LogP contribution is 2.70. The second kappa shape index (κ2) is 25.2. The van der Waals surface area contributed by atoms with Crippen molar-refractivity contribution in [2.75, 3.05) is 59.1 Å². The molecule has 0 radical (unpaired) electrons. The van der Waals surface area contributed by atoms with Crippen molar-refractivity contribution in [1.29, 1.82) is 0 Å². The Bertz CT molecular complexity index is 4520. The van der Waals surface area contributed by atoms with Crippen molar-refractivity contribution in [1.82, 2.24) is 0 Å². The lowest BCUT2D eigenvalue weighted by atomic mass is 9.51. The van der Waals surface area contributed by atoms with E-state index < -0.39 is 122 Å². The average molecular weight is 1490 g/mol. The van der Waals surface area contributed by atoms with Crippen LogP contribution in [-0.4, -0.2) is 90.7 Å². The largest absolute Gasteiger partial charge is 0.490 e. The van der Waals surface area contributed by atoms with Crippen LogP contribution in [0.5, 0.6) is 17.2 Å². The molecule has 15 rings (SSSR count). The van der Waals surface area contributed by atoms with Crippen molar-refractivity contribution >= 4 is 85.3 Å². The first kappa shape index (κ1) is 69.9. The Kier molecular flexibility index (Phi) is 18.3. The number of rotatable bonds is 6. The molecule has 0 aromatic heterocycles. The van der Waals surface area contributed by atoms with E-state index in [2.05, 4.69) is 6.30 Å². The van der Waals surface area contributed by atoms with Gasteiger partial charge >= 0.3 is 0 Å². The number of hydrogen-bond acceptors (Lipinski definition) is 13. The minimum Gasteiger partial charge on any atom is -0.490 e. The third kappa shape index (κ3) is 11.1. The third-order valence-electron chi connectivity index (χ3n) is 22.6. The number of hydrogen-bond donors (Lipinski definition) is 0. The summed E-state index contributed by atoms with van der Waals surface area (Å²) in [6.45, 7) is 3.96. The van der Waals surface area contributed by atoms with Crippen LogP contribution in [0.1, 0.15) is 107 Å². The Morgan fingerprint density at radius 1 is 0.406 bits per heavy atom. The van der Waals surface area contributed by atoms with E-state index in [0.717, 1.165) is 62.1 Å². The molecule has 13 nitrogen and oxygen atoms in total. The Morgan fingerprint density at radius 2 is 0.708 bits per heavy atom. The highest BCUT2D eigenvalue weighted by molar-refractivity contribution is 7.93. The van der Waals surface area contributed by atoms with Crippen LogP contribution < -0.4 is 14.2 Å². The maximum atomic E-state index is 15.5. The highest BCUT2D eigenvalue weighted by atomic mass is 35.5. The molecule has 0 amide bonds. The molecule has 3 spiro atoms. The Hall–Kier alpha value is -4.57. The number of halogens is 9. The van der Waals surface area contributed by atoms with Crippen LogP contribution in [0.2, 0.25) is 15.1 Å². The van der Waals surface area contributed by atoms with E-state index in [1.807, 2.05) is 6.66 Å². The summed E-state index contributed by atoms with van der Waals surface area (Å²) in [5.41, 5.74) is -2.15.